The number of hydrogen-bond donors (Lipinski definition) is 1. The van der Waals surface area contributed by atoms with E-state index >= 15 is 0 Å². The zero-order valence-corrected chi connectivity index (χ0v) is 14.7. The van der Waals surface area contributed by atoms with E-state index in [1.807, 2.05) is 54.6 Å². The molecule has 0 aliphatic heterocycles. The molecule has 24 heavy (non-hydrogen) atoms. The van der Waals surface area contributed by atoms with Gasteiger partial charge in [-0.05, 0) is 0 Å². The van der Waals surface area contributed by atoms with Gasteiger partial charge in [-0.1, -0.05) is 0 Å². The van der Waals surface area contributed by atoms with E-state index in [0.717, 1.165) is 15.9 Å². The van der Waals surface area contributed by atoms with Crippen molar-refractivity contribution in [1.82, 2.24) is 0 Å². The van der Waals surface area contributed by atoms with Gasteiger partial charge in [-0.2, -0.15) is 0 Å². The van der Waals surface area contributed by atoms with Crippen LogP contribution in [0.4, 0.5) is 0 Å². The van der Waals surface area contributed by atoms with Crippen molar-refractivity contribution >= 4 is 23.2 Å². The molecule has 0 bridgehead atoms. The number of aliphatic hydroxyl groups is 1. The van der Waals surface area contributed by atoms with Crippen molar-refractivity contribution in [3.63, 3.8) is 0 Å². The third kappa shape index (κ3) is 2.55. The summed E-state index contributed by atoms with van der Waals surface area (Å²) in [5, 5.41) is 13.5. The third-order valence-electron chi connectivity index (χ3n) is 4.63. The van der Waals surface area contributed by atoms with E-state index in [-0.39, 0.29) is 0 Å². The molecule has 2 heteroatoms. The number of hydrogen-bond acceptors (Lipinski definition) is 1. The number of benzene rings is 3. The van der Waals surface area contributed by atoms with Crippen LogP contribution in [-0.2, 0) is 0 Å². The first kappa shape index (κ1) is 16.5. The number of rotatable bonds is 4. The van der Waals surface area contributed by atoms with E-state index in [1.165, 1.54) is 0 Å². The summed E-state index contributed by atoms with van der Waals surface area (Å²) in [5.74, 6) is 2.69. The molecule has 0 aliphatic rings. The zero-order valence-electron chi connectivity index (χ0n) is 13.7. The van der Waals surface area contributed by atoms with Crippen molar-refractivity contribution in [2.24, 2.45) is 0 Å². The Bertz CT molecular complexity index is 737. The molecule has 3 aromatic carbocycles. The van der Waals surface area contributed by atoms with Gasteiger partial charge in [0.05, 0.1) is 0 Å². The molecule has 0 aliphatic carbocycles. The van der Waals surface area contributed by atoms with Crippen molar-refractivity contribution in [3.8, 4) is 12.3 Å². The van der Waals surface area contributed by atoms with E-state index in [9.17, 15) is 5.11 Å². The molecule has 120 valence electrons. The first-order chi connectivity index (χ1) is 11.6. The van der Waals surface area contributed by atoms with Gasteiger partial charge in [-0.3, -0.25) is 0 Å². The minimum absolute atomic E-state index is 1.10. The minimum atomic E-state index is -2.83. The molecule has 0 spiro atoms. The van der Waals surface area contributed by atoms with Gasteiger partial charge in [0.1, 0.15) is 0 Å². The summed E-state index contributed by atoms with van der Waals surface area (Å²) < 4.78 is 0. The summed E-state index contributed by atoms with van der Waals surface area (Å²) in [7, 11) is -2.83. The van der Waals surface area contributed by atoms with E-state index < -0.39 is 12.6 Å². The Labute approximate surface area is 144 Å². The maximum atomic E-state index is 11.4. The Balaban J connectivity index is 2.45. The maximum absolute atomic E-state index is 11.4. The standard InChI is InChI=1S/C22H21OP/c1-3-22(2,23)24(19-13-7-4-8-14-19,20-15-9-5-10-16-20)21-17-11-6-12-18-21/h1,4-18,23-24H,2H3. The Morgan fingerprint density at radius 3 is 1.25 bits per heavy atom. The summed E-state index contributed by atoms with van der Waals surface area (Å²) >= 11 is 0. The summed E-state index contributed by atoms with van der Waals surface area (Å²) in [6, 6.07) is 30.5. The fourth-order valence-electron chi connectivity index (χ4n) is 3.52. The van der Waals surface area contributed by atoms with Gasteiger partial charge in [0.2, 0.25) is 0 Å². The molecule has 1 unspecified atom stereocenters. The molecule has 0 fully saturated rings. The van der Waals surface area contributed by atoms with Gasteiger partial charge in [0.15, 0.2) is 0 Å². The molecule has 0 saturated carbocycles. The fraction of sp³-hybridized carbons (Fsp3) is 0.0909. The quantitative estimate of drug-likeness (QED) is 0.575. The van der Waals surface area contributed by atoms with Crippen LogP contribution < -0.4 is 15.9 Å². The summed E-state index contributed by atoms with van der Waals surface area (Å²) in [5.41, 5.74) is 0. The Morgan fingerprint density at radius 1 is 0.708 bits per heavy atom. The van der Waals surface area contributed by atoms with Crippen molar-refractivity contribution in [2.45, 2.75) is 12.3 Å². The van der Waals surface area contributed by atoms with E-state index in [0.29, 0.717) is 0 Å². The molecule has 0 heterocycles. The fourth-order valence-corrected chi connectivity index (χ4v) is 8.50. The average molecular weight is 332 g/mol. The van der Waals surface area contributed by atoms with Crippen LogP contribution in [0.5, 0.6) is 0 Å². The van der Waals surface area contributed by atoms with Gasteiger partial charge in [0, 0.05) is 0 Å². The molecule has 0 aromatic heterocycles. The second kappa shape index (κ2) is 6.62. The van der Waals surface area contributed by atoms with E-state index in [2.05, 4.69) is 42.3 Å². The summed E-state index contributed by atoms with van der Waals surface area (Å²) in [6.07, 6.45) is 5.84. The van der Waals surface area contributed by atoms with Gasteiger partial charge in [0.25, 0.3) is 0 Å². The van der Waals surface area contributed by atoms with Crippen LogP contribution in [0, 0.1) is 12.3 Å². The molecular formula is C22H21OP. The first-order valence-corrected chi connectivity index (χ1v) is 9.99. The SMILES string of the molecule is C#CC(C)(O)[PH](c1ccccc1)(c1ccccc1)c1ccccc1. The van der Waals surface area contributed by atoms with Crippen LogP contribution in [0.15, 0.2) is 91.0 Å². The Kier molecular flexibility index (Phi) is 4.54. The molecule has 0 amide bonds. The molecule has 3 aromatic rings. The van der Waals surface area contributed by atoms with Crippen LogP contribution in [0.25, 0.3) is 0 Å². The van der Waals surface area contributed by atoms with E-state index in [4.69, 9.17) is 6.42 Å². The van der Waals surface area contributed by atoms with E-state index in [1.54, 1.807) is 6.92 Å². The Morgan fingerprint density at radius 2 is 1.00 bits per heavy atom. The normalized spacial score (nSPS) is 14.4. The van der Waals surface area contributed by atoms with Gasteiger partial charge in [-0.15, -0.1) is 0 Å². The van der Waals surface area contributed by atoms with Crippen LogP contribution >= 0.6 is 7.26 Å². The Hall–Kier alpha value is -2.39. The second-order valence-electron chi connectivity index (χ2n) is 6.06. The van der Waals surface area contributed by atoms with Crippen molar-refractivity contribution in [3.05, 3.63) is 91.0 Å². The van der Waals surface area contributed by atoms with Crippen molar-refractivity contribution in [1.29, 1.82) is 0 Å². The van der Waals surface area contributed by atoms with Crippen LogP contribution in [0.2, 0.25) is 0 Å². The monoisotopic (exact) mass is 332 g/mol. The topological polar surface area (TPSA) is 20.2 Å². The van der Waals surface area contributed by atoms with Crippen molar-refractivity contribution < 1.29 is 5.11 Å². The molecule has 1 atom stereocenters. The number of terminal acetylenes is 1. The molecule has 0 radical (unpaired) electrons. The molecule has 3 rings (SSSR count). The van der Waals surface area contributed by atoms with Crippen LogP contribution in [0.3, 0.4) is 0 Å². The molecule has 1 nitrogen and oxygen atoms in total. The van der Waals surface area contributed by atoms with Crippen LogP contribution in [-0.4, -0.2) is 10.4 Å². The molecule has 0 saturated heterocycles. The van der Waals surface area contributed by atoms with Gasteiger partial charge < -0.3 is 0 Å². The summed E-state index contributed by atoms with van der Waals surface area (Å²) in [6.45, 7) is 1.77. The van der Waals surface area contributed by atoms with Gasteiger partial charge in [-0.25, -0.2) is 0 Å². The first-order valence-electron chi connectivity index (χ1n) is 7.99. The predicted octanol–water partition coefficient (Wildman–Crippen LogP) is 3.05. The van der Waals surface area contributed by atoms with Crippen molar-refractivity contribution in [2.75, 3.05) is 0 Å². The average Bonchev–Trinajstić information content (AvgIpc) is 2.65. The molecular weight excluding hydrogens is 311 g/mol. The van der Waals surface area contributed by atoms with Crippen LogP contribution in [0.1, 0.15) is 6.92 Å². The second-order valence-corrected chi connectivity index (χ2v) is 10.3. The van der Waals surface area contributed by atoms with Gasteiger partial charge >= 0.3 is 144 Å². The predicted molar refractivity (Wildman–Crippen MR) is 106 cm³/mol. The summed E-state index contributed by atoms with van der Waals surface area (Å²) in [4.78, 5) is 0. The zero-order chi connectivity index (χ0) is 17.0. The third-order valence-corrected chi connectivity index (χ3v) is 9.83. The molecule has 1 N–H and O–H groups in total.